The van der Waals surface area contributed by atoms with Crippen LogP contribution in [0.1, 0.15) is 5.69 Å². The number of halogens is 1. The molecule has 1 amide bonds. The SMILES string of the molecule is Nc1cc(NC(=O)COCCc2ccccn2)ccc1Cl. The van der Waals surface area contributed by atoms with Crippen molar-refractivity contribution >= 4 is 28.9 Å². The van der Waals surface area contributed by atoms with Gasteiger partial charge < -0.3 is 15.8 Å². The number of nitrogens with zero attached hydrogens (tertiary/aromatic N) is 1. The lowest BCUT2D eigenvalue weighted by atomic mass is 10.3. The third-order valence-electron chi connectivity index (χ3n) is 2.74. The first-order valence-electron chi connectivity index (χ1n) is 6.47. The fourth-order valence-electron chi connectivity index (χ4n) is 1.71. The Bertz CT molecular complexity index is 605. The molecule has 0 spiro atoms. The van der Waals surface area contributed by atoms with E-state index in [9.17, 15) is 4.79 Å². The summed E-state index contributed by atoms with van der Waals surface area (Å²) in [5.41, 5.74) is 7.61. The average molecular weight is 306 g/mol. The maximum atomic E-state index is 11.7. The summed E-state index contributed by atoms with van der Waals surface area (Å²) in [6, 6.07) is 10.6. The van der Waals surface area contributed by atoms with Gasteiger partial charge in [-0.1, -0.05) is 17.7 Å². The molecule has 0 unspecified atom stereocenters. The van der Waals surface area contributed by atoms with Crippen LogP contribution in [0.4, 0.5) is 11.4 Å². The summed E-state index contributed by atoms with van der Waals surface area (Å²) >= 11 is 5.81. The summed E-state index contributed by atoms with van der Waals surface area (Å²) in [5.74, 6) is -0.238. The number of ether oxygens (including phenoxy) is 1. The van der Waals surface area contributed by atoms with Crippen LogP contribution in [0.25, 0.3) is 0 Å². The fraction of sp³-hybridized carbons (Fsp3) is 0.200. The highest BCUT2D eigenvalue weighted by Gasteiger charge is 2.04. The van der Waals surface area contributed by atoms with E-state index in [4.69, 9.17) is 22.1 Å². The molecule has 0 aliphatic rings. The Hall–Kier alpha value is -2.11. The molecule has 0 bridgehead atoms. The Kier molecular flexibility index (Phi) is 5.54. The number of amides is 1. The van der Waals surface area contributed by atoms with Gasteiger partial charge in [0.2, 0.25) is 5.91 Å². The standard InChI is InChI=1S/C15H16ClN3O2/c16-13-5-4-12(9-14(13)17)19-15(20)10-21-8-6-11-3-1-2-7-18-11/h1-5,7,9H,6,8,10,17H2,(H,19,20). The van der Waals surface area contributed by atoms with Crippen LogP contribution in [0.5, 0.6) is 0 Å². The van der Waals surface area contributed by atoms with Gasteiger partial charge >= 0.3 is 0 Å². The number of hydrogen-bond acceptors (Lipinski definition) is 4. The number of aromatic nitrogens is 1. The van der Waals surface area contributed by atoms with Gasteiger partial charge in [0.15, 0.2) is 0 Å². The van der Waals surface area contributed by atoms with Crippen molar-refractivity contribution in [2.75, 3.05) is 24.3 Å². The van der Waals surface area contributed by atoms with Crippen molar-refractivity contribution in [1.82, 2.24) is 4.98 Å². The summed E-state index contributed by atoms with van der Waals surface area (Å²) < 4.78 is 5.32. The molecule has 2 rings (SSSR count). The van der Waals surface area contributed by atoms with Crippen molar-refractivity contribution in [3.05, 3.63) is 53.3 Å². The molecule has 110 valence electrons. The van der Waals surface area contributed by atoms with Crippen molar-refractivity contribution < 1.29 is 9.53 Å². The highest BCUT2D eigenvalue weighted by molar-refractivity contribution is 6.33. The van der Waals surface area contributed by atoms with Crippen molar-refractivity contribution in [3.63, 3.8) is 0 Å². The molecule has 1 aromatic heterocycles. The van der Waals surface area contributed by atoms with Crippen LogP contribution in [-0.2, 0) is 16.0 Å². The quantitative estimate of drug-likeness (QED) is 0.635. The molecular formula is C15H16ClN3O2. The molecule has 0 atom stereocenters. The summed E-state index contributed by atoms with van der Waals surface area (Å²) in [5, 5.41) is 3.15. The molecule has 1 aromatic carbocycles. The van der Waals surface area contributed by atoms with E-state index in [1.54, 1.807) is 24.4 Å². The largest absolute Gasteiger partial charge is 0.397 e. The number of hydrogen-bond donors (Lipinski definition) is 2. The van der Waals surface area contributed by atoms with Crippen LogP contribution in [0, 0.1) is 0 Å². The highest BCUT2D eigenvalue weighted by Crippen LogP contribution is 2.22. The van der Waals surface area contributed by atoms with Gasteiger partial charge in [-0.25, -0.2) is 0 Å². The molecule has 0 saturated heterocycles. The first-order valence-corrected chi connectivity index (χ1v) is 6.85. The van der Waals surface area contributed by atoms with E-state index in [-0.39, 0.29) is 12.5 Å². The normalized spacial score (nSPS) is 10.3. The molecule has 3 N–H and O–H groups in total. The molecule has 0 aliphatic carbocycles. The summed E-state index contributed by atoms with van der Waals surface area (Å²) in [7, 11) is 0. The predicted molar refractivity (Wildman–Crippen MR) is 83.3 cm³/mol. The first kappa shape index (κ1) is 15.3. The van der Waals surface area contributed by atoms with Crippen molar-refractivity contribution in [3.8, 4) is 0 Å². The smallest absolute Gasteiger partial charge is 0.250 e. The van der Waals surface area contributed by atoms with Crippen molar-refractivity contribution in [2.45, 2.75) is 6.42 Å². The first-order chi connectivity index (χ1) is 10.1. The summed E-state index contributed by atoms with van der Waals surface area (Å²) in [6.07, 6.45) is 2.40. The number of nitrogens with one attached hydrogen (secondary N) is 1. The minimum Gasteiger partial charge on any atom is -0.397 e. The third-order valence-corrected chi connectivity index (χ3v) is 3.09. The van der Waals surface area contributed by atoms with E-state index in [2.05, 4.69) is 10.3 Å². The van der Waals surface area contributed by atoms with Crippen LogP contribution in [0.3, 0.4) is 0 Å². The second-order valence-corrected chi connectivity index (χ2v) is 4.82. The van der Waals surface area contributed by atoms with Crippen molar-refractivity contribution in [1.29, 1.82) is 0 Å². The molecule has 0 aliphatic heterocycles. The molecule has 2 aromatic rings. The second kappa shape index (κ2) is 7.61. The Morgan fingerprint density at radius 2 is 2.19 bits per heavy atom. The van der Waals surface area contributed by atoms with Gasteiger partial charge in [0.1, 0.15) is 6.61 Å². The molecule has 1 heterocycles. The van der Waals surface area contributed by atoms with Crippen LogP contribution < -0.4 is 11.1 Å². The second-order valence-electron chi connectivity index (χ2n) is 4.41. The lowest BCUT2D eigenvalue weighted by Crippen LogP contribution is -2.19. The van der Waals surface area contributed by atoms with E-state index >= 15 is 0 Å². The number of benzene rings is 1. The van der Waals surface area contributed by atoms with Crippen LogP contribution in [0.2, 0.25) is 5.02 Å². The molecule has 0 saturated carbocycles. The maximum absolute atomic E-state index is 11.7. The molecular weight excluding hydrogens is 290 g/mol. The van der Waals surface area contributed by atoms with Gasteiger partial charge in [-0.15, -0.1) is 0 Å². The fourth-order valence-corrected chi connectivity index (χ4v) is 1.82. The Morgan fingerprint density at radius 1 is 1.33 bits per heavy atom. The van der Waals surface area contributed by atoms with Gasteiger partial charge in [-0.2, -0.15) is 0 Å². The van der Waals surface area contributed by atoms with E-state index in [1.807, 2.05) is 18.2 Å². The Morgan fingerprint density at radius 3 is 2.90 bits per heavy atom. The van der Waals surface area contributed by atoms with Gasteiger partial charge in [0, 0.05) is 24.0 Å². The van der Waals surface area contributed by atoms with Gasteiger partial charge in [0.25, 0.3) is 0 Å². The number of rotatable bonds is 6. The monoisotopic (exact) mass is 305 g/mol. The lowest BCUT2D eigenvalue weighted by molar-refractivity contribution is -0.120. The summed E-state index contributed by atoms with van der Waals surface area (Å²) in [4.78, 5) is 15.9. The number of nitrogens with two attached hydrogens (primary N) is 1. The van der Waals surface area contributed by atoms with Crippen molar-refractivity contribution in [2.24, 2.45) is 0 Å². The van der Waals surface area contributed by atoms with Crippen LogP contribution in [0.15, 0.2) is 42.6 Å². The van der Waals surface area contributed by atoms with E-state index in [0.717, 1.165) is 5.69 Å². The predicted octanol–water partition coefficient (Wildman–Crippen LogP) is 2.52. The minimum atomic E-state index is -0.238. The van der Waals surface area contributed by atoms with Gasteiger partial charge in [0.05, 0.1) is 17.3 Å². The van der Waals surface area contributed by atoms with E-state index < -0.39 is 0 Å². The Balaban J connectivity index is 1.71. The zero-order valence-corrected chi connectivity index (χ0v) is 12.1. The average Bonchev–Trinajstić information content (AvgIpc) is 2.49. The molecule has 0 fully saturated rings. The highest BCUT2D eigenvalue weighted by atomic mass is 35.5. The maximum Gasteiger partial charge on any atom is 0.250 e. The van der Waals surface area contributed by atoms with E-state index in [0.29, 0.717) is 29.4 Å². The summed E-state index contributed by atoms with van der Waals surface area (Å²) in [6.45, 7) is 0.419. The molecule has 6 heteroatoms. The minimum absolute atomic E-state index is 0.0185. The van der Waals surface area contributed by atoms with Gasteiger partial charge in [-0.05, 0) is 30.3 Å². The van der Waals surface area contributed by atoms with Gasteiger partial charge in [-0.3, -0.25) is 9.78 Å². The zero-order valence-electron chi connectivity index (χ0n) is 11.4. The van der Waals surface area contributed by atoms with E-state index in [1.165, 1.54) is 0 Å². The number of carbonyl (C=O) groups is 1. The lowest BCUT2D eigenvalue weighted by Gasteiger charge is -2.07. The number of anilines is 2. The molecule has 0 radical (unpaired) electrons. The molecule has 21 heavy (non-hydrogen) atoms. The number of pyridine rings is 1. The Labute approximate surface area is 128 Å². The topological polar surface area (TPSA) is 77.2 Å². The number of carbonyl (C=O) groups excluding carboxylic acids is 1. The van der Waals surface area contributed by atoms with Crippen LogP contribution in [-0.4, -0.2) is 24.1 Å². The molecule has 5 nitrogen and oxygen atoms in total. The third kappa shape index (κ3) is 5.06. The number of nitrogen functional groups attached to an aromatic ring is 1. The zero-order chi connectivity index (χ0) is 15.1. The van der Waals surface area contributed by atoms with Crippen LogP contribution >= 0.6 is 11.6 Å².